The lowest BCUT2D eigenvalue weighted by Crippen LogP contribution is -2.25. The quantitative estimate of drug-likeness (QED) is 0.166. The number of rotatable bonds is 6. The van der Waals surface area contributed by atoms with Crippen LogP contribution in [0, 0.1) is 0 Å². The smallest absolute Gasteiger partial charge is 0.235 e. The number of fused-ring (bicyclic) bond motifs is 14. The summed E-state index contributed by atoms with van der Waals surface area (Å²) in [4.78, 5) is 24.1. The van der Waals surface area contributed by atoms with Gasteiger partial charge in [-0.25, -0.2) is 19.9 Å². The monoisotopic (exact) mass is 992 g/mol. The van der Waals surface area contributed by atoms with Crippen LogP contribution in [0.25, 0.3) is 124 Å². The Morgan fingerprint density at radius 2 is 1.08 bits per heavy atom. The van der Waals surface area contributed by atoms with Crippen LogP contribution in [-0.4, -0.2) is 24.5 Å². The van der Waals surface area contributed by atoms with Gasteiger partial charge in [0.15, 0.2) is 5.65 Å². The normalized spacial score (nSPS) is 14.2. The van der Waals surface area contributed by atoms with Gasteiger partial charge in [0, 0.05) is 85.4 Å². The molecule has 1 unspecified atom stereocenters. The highest BCUT2D eigenvalue weighted by Crippen LogP contribution is 2.57. The van der Waals surface area contributed by atoms with Crippen molar-refractivity contribution in [1.29, 1.82) is 0 Å². The first kappa shape index (κ1) is 42.2. The second-order valence-corrected chi connectivity index (χ2v) is 21.5. The second kappa shape index (κ2) is 16.6. The van der Waals surface area contributed by atoms with Crippen molar-refractivity contribution < 1.29 is 0 Å². The molecule has 0 spiro atoms. The molecule has 0 amide bonds. The Labute approximate surface area is 438 Å². The molecule has 0 fully saturated rings. The van der Waals surface area contributed by atoms with Gasteiger partial charge in [-0.2, -0.15) is 0 Å². The van der Waals surface area contributed by atoms with Crippen LogP contribution >= 0.6 is 22.7 Å². The summed E-state index contributed by atoms with van der Waals surface area (Å²) in [6, 6.07) is 72.2. The number of allylic oxidation sites excluding steroid dienone is 5. The van der Waals surface area contributed by atoms with Crippen molar-refractivity contribution in [3.8, 4) is 50.6 Å². The molecule has 0 saturated heterocycles. The summed E-state index contributed by atoms with van der Waals surface area (Å²) >= 11 is 3.66. The molecule has 0 saturated carbocycles. The average Bonchev–Trinajstić information content (AvgIpc) is 4.10. The fourth-order valence-electron chi connectivity index (χ4n) is 11.8. The summed E-state index contributed by atoms with van der Waals surface area (Å²) in [6.07, 6.45) is 13.1. The van der Waals surface area contributed by atoms with E-state index in [9.17, 15) is 0 Å². The zero-order chi connectivity index (χ0) is 49.1. The Hall–Kier alpha value is -9.34. The van der Waals surface area contributed by atoms with E-state index >= 15 is 0 Å². The molecule has 14 aromatic rings. The summed E-state index contributed by atoms with van der Waals surface area (Å²) in [5, 5.41) is 8.15. The number of hydrogen-bond donors (Lipinski definition) is 0. The van der Waals surface area contributed by atoms with Gasteiger partial charge in [-0.3, -0.25) is 9.47 Å². The van der Waals surface area contributed by atoms with E-state index in [1.54, 1.807) is 0 Å². The summed E-state index contributed by atoms with van der Waals surface area (Å²) in [5.41, 5.74) is 14.2. The molecule has 7 heterocycles. The fourth-order valence-corrected chi connectivity index (χ4v) is 14.0. The van der Waals surface area contributed by atoms with E-state index in [-0.39, 0.29) is 5.92 Å². The molecule has 8 heteroatoms. The van der Waals surface area contributed by atoms with Crippen LogP contribution in [0.4, 0.5) is 11.6 Å². The number of pyridine rings is 2. The maximum atomic E-state index is 5.78. The molecule has 8 aromatic carbocycles. The maximum Gasteiger partial charge on any atom is 0.235 e. The van der Waals surface area contributed by atoms with E-state index in [0.717, 1.165) is 94.7 Å². The number of aromatic nitrogens is 5. The van der Waals surface area contributed by atoms with Gasteiger partial charge in [-0.1, -0.05) is 146 Å². The third-order valence-electron chi connectivity index (χ3n) is 15.0. The molecule has 1 aliphatic heterocycles. The van der Waals surface area contributed by atoms with Crippen molar-refractivity contribution >= 4 is 107 Å². The Bertz CT molecular complexity index is 4660. The average molecular weight is 993 g/mol. The SMILES string of the molecule is C1=CC2=CC(C=C1)c1c(-c3ccccc3)c(-c3ccccc3)c3c4ccccc4n(-c4ccc5cccnc5n4)c3c1N2c1nc(-c2ccc3sc4ccccc4c3c2)cc(-c2ccc3sc4ccccc4c3c2)n1. The molecular formula is C67H40N6S2. The fraction of sp³-hybridized carbons (Fsp3) is 0.0149. The van der Waals surface area contributed by atoms with Gasteiger partial charge in [-0.05, 0) is 113 Å². The number of para-hydroxylation sites is 1. The van der Waals surface area contributed by atoms with Gasteiger partial charge in [0.1, 0.15) is 5.82 Å². The minimum Gasteiger partial charge on any atom is -0.292 e. The standard InChI is InChI=1S/C67H40N6S2/c1-3-16-40(17-4-1)60-61(41-18-5-2-6-19-41)63-49-25-9-12-26-54(49)73(59-34-31-42-21-15-35-68-66(42)71-59)65(63)64-62(60)45-20-7-8-22-46(36-45)72(64)67-69-52(43-29-32-57-50(37-43)47-23-10-13-27-55(47)74-57)39-53(70-67)44-30-33-58-51(38-44)48-24-11-14-28-56(48)75-58/h1-39,45H. The molecule has 2 aliphatic rings. The molecule has 0 N–H and O–H groups in total. The Balaban J connectivity index is 1.07. The van der Waals surface area contributed by atoms with Crippen molar-refractivity contribution in [1.82, 2.24) is 24.5 Å². The first-order valence-electron chi connectivity index (χ1n) is 25.2. The number of anilines is 2. The summed E-state index contributed by atoms with van der Waals surface area (Å²) < 4.78 is 7.40. The van der Waals surface area contributed by atoms with E-state index in [1.165, 1.54) is 40.3 Å². The zero-order valence-corrected chi connectivity index (χ0v) is 41.7. The highest BCUT2D eigenvalue weighted by molar-refractivity contribution is 7.26. The lowest BCUT2D eigenvalue weighted by molar-refractivity contribution is 0.962. The van der Waals surface area contributed by atoms with Crippen LogP contribution in [0.5, 0.6) is 0 Å². The number of hydrogen-bond acceptors (Lipinski definition) is 7. The molecule has 1 atom stereocenters. The van der Waals surface area contributed by atoms with Crippen LogP contribution in [0.3, 0.4) is 0 Å². The highest BCUT2D eigenvalue weighted by atomic mass is 32.1. The largest absolute Gasteiger partial charge is 0.292 e. The minimum absolute atomic E-state index is 0.118. The van der Waals surface area contributed by atoms with Gasteiger partial charge in [0.2, 0.25) is 5.95 Å². The lowest BCUT2D eigenvalue weighted by atomic mass is 9.79. The predicted molar refractivity (Wildman–Crippen MR) is 315 cm³/mol. The van der Waals surface area contributed by atoms with Crippen LogP contribution in [0.15, 0.2) is 242 Å². The number of benzene rings is 8. The Morgan fingerprint density at radius 1 is 0.467 bits per heavy atom. The third kappa shape index (κ3) is 6.56. The van der Waals surface area contributed by atoms with Crippen molar-refractivity contribution in [3.05, 3.63) is 248 Å². The van der Waals surface area contributed by atoms with Crippen molar-refractivity contribution in [2.24, 2.45) is 0 Å². The maximum absolute atomic E-state index is 5.78. The molecule has 350 valence electrons. The molecule has 2 bridgehead atoms. The van der Waals surface area contributed by atoms with Crippen molar-refractivity contribution in [2.75, 3.05) is 4.90 Å². The molecule has 6 nitrogen and oxygen atoms in total. The highest BCUT2D eigenvalue weighted by Gasteiger charge is 2.38. The van der Waals surface area contributed by atoms with Crippen LogP contribution in [0.2, 0.25) is 0 Å². The molecule has 75 heavy (non-hydrogen) atoms. The van der Waals surface area contributed by atoms with Crippen LogP contribution in [0.1, 0.15) is 11.5 Å². The van der Waals surface area contributed by atoms with Crippen molar-refractivity contribution in [3.63, 3.8) is 0 Å². The lowest BCUT2D eigenvalue weighted by Gasteiger charge is -2.36. The van der Waals surface area contributed by atoms with Gasteiger partial charge in [0.25, 0.3) is 0 Å². The van der Waals surface area contributed by atoms with E-state index in [4.69, 9.17) is 19.9 Å². The van der Waals surface area contributed by atoms with E-state index in [0.29, 0.717) is 11.6 Å². The van der Waals surface area contributed by atoms with Crippen molar-refractivity contribution in [2.45, 2.75) is 5.92 Å². The minimum atomic E-state index is -0.118. The first-order valence-corrected chi connectivity index (χ1v) is 26.9. The Morgan fingerprint density at radius 3 is 1.77 bits per heavy atom. The predicted octanol–water partition coefficient (Wildman–Crippen LogP) is 18.2. The molecule has 0 radical (unpaired) electrons. The topological polar surface area (TPSA) is 59.7 Å². The third-order valence-corrected chi connectivity index (χ3v) is 17.4. The van der Waals surface area contributed by atoms with Gasteiger partial charge in [0.05, 0.1) is 28.1 Å². The van der Waals surface area contributed by atoms with E-state index in [2.05, 4.69) is 234 Å². The van der Waals surface area contributed by atoms with E-state index in [1.807, 2.05) is 34.9 Å². The molecular weight excluding hydrogens is 953 g/mol. The van der Waals surface area contributed by atoms with Gasteiger partial charge in [-0.15, -0.1) is 22.7 Å². The summed E-state index contributed by atoms with van der Waals surface area (Å²) in [5.74, 6) is 1.23. The molecule has 16 rings (SSSR count). The van der Waals surface area contributed by atoms with E-state index < -0.39 is 0 Å². The summed E-state index contributed by atoms with van der Waals surface area (Å²) in [7, 11) is 0. The molecule has 6 aromatic heterocycles. The van der Waals surface area contributed by atoms with Gasteiger partial charge >= 0.3 is 0 Å². The number of thiophene rings is 2. The molecule has 1 aliphatic carbocycles. The Kier molecular flexibility index (Phi) is 9.34. The summed E-state index contributed by atoms with van der Waals surface area (Å²) in [6.45, 7) is 0. The van der Waals surface area contributed by atoms with Gasteiger partial charge < -0.3 is 0 Å². The first-order chi connectivity index (χ1) is 37.2. The zero-order valence-electron chi connectivity index (χ0n) is 40.1. The number of nitrogens with zero attached hydrogens (tertiary/aromatic N) is 6. The van der Waals surface area contributed by atoms with Crippen LogP contribution < -0.4 is 4.90 Å². The van der Waals surface area contributed by atoms with Crippen LogP contribution in [-0.2, 0) is 0 Å². The second-order valence-electron chi connectivity index (χ2n) is 19.3.